The zero-order chi connectivity index (χ0) is 20.9. The summed E-state index contributed by atoms with van der Waals surface area (Å²) < 4.78 is 37.7. The molecule has 1 saturated heterocycles. The van der Waals surface area contributed by atoms with E-state index in [4.69, 9.17) is 4.43 Å². The van der Waals surface area contributed by atoms with Gasteiger partial charge in [0.2, 0.25) is 0 Å². The molecule has 1 fully saturated rings. The Morgan fingerprint density at radius 1 is 1.32 bits per heavy atom. The van der Waals surface area contributed by atoms with Gasteiger partial charge in [0.25, 0.3) is 5.92 Å². The van der Waals surface area contributed by atoms with E-state index in [0.29, 0.717) is 29.7 Å². The molecular formula is C20H31F2N3O2Si. The van der Waals surface area contributed by atoms with Gasteiger partial charge in [-0.1, -0.05) is 26.8 Å². The van der Waals surface area contributed by atoms with Crippen molar-refractivity contribution in [3.8, 4) is 0 Å². The van der Waals surface area contributed by atoms with E-state index in [-0.39, 0.29) is 23.8 Å². The number of H-pyrrole nitrogens is 1. The van der Waals surface area contributed by atoms with E-state index < -0.39 is 20.3 Å². The molecule has 2 heterocycles. The van der Waals surface area contributed by atoms with Gasteiger partial charge in [-0.2, -0.15) is 0 Å². The lowest BCUT2D eigenvalue weighted by molar-refractivity contribution is -0.0607. The number of imidazole rings is 1. The van der Waals surface area contributed by atoms with E-state index in [0.717, 1.165) is 0 Å². The number of alkyl halides is 2. The van der Waals surface area contributed by atoms with Crippen LogP contribution in [0, 0.1) is 0 Å². The number of aromatic amines is 1. The largest absolute Gasteiger partial charge is 0.414 e. The van der Waals surface area contributed by atoms with Crippen LogP contribution in [0.1, 0.15) is 33.6 Å². The van der Waals surface area contributed by atoms with E-state index in [1.807, 2.05) is 6.07 Å². The number of rotatable bonds is 4. The minimum atomic E-state index is -2.85. The molecule has 0 spiro atoms. The first-order valence-corrected chi connectivity index (χ1v) is 12.7. The summed E-state index contributed by atoms with van der Waals surface area (Å²) in [4.78, 5) is 16.6. The molecule has 0 amide bonds. The molecule has 1 aromatic carbocycles. The van der Waals surface area contributed by atoms with Crippen LogP contribution < -0.4 is 10.6 Å². The Hall–Kier alpha value is -1.67. The number of fused-ring (bicyclic) bond motifs is 1. The Labute approximate surface area is 165 Å². The van der Waals surface area contributed by atoms with E-state index in [1.165, 1.54) is 4.57 Å². The van der Waals surface area contributed by atoms with Crippen molar-refractivity contribution in [1.29, 1.82) is 0 Å². The van der Waals surface area contributed by atoms with Crippen LogP contribution >= 0.6 is 0 Å². The van der Waals surface area contributed by atoms with Gasteiger partial charge >= 0.3 is 5.69 Å². The van der Waals surface area contributed by atoms with Crippen molar-refractivity contribution in [2.75, 3.05) is 18.1 Å². The van der Waals surface area contributed by atoms with E-state index in [9.17, 15) is 13.6 Å². The maximum Gasteiger partial charge on any atom is 0.326 e. The first-order valence-electron chi connectivity index (χ1n) is 9.81. The summed E-state index contributed by atoms with van der Waals surface area (Å²) in [6, 6.07) is 4.36. The average Bonchev–Trinajstić information content (AvgIpc) is 2.86. The van der Waals surface area contributed by atoms with Gasteiger partial charge in [-0.25, -0.2) is 13.6 Å². The molecule has 8 heteroatoms. The van der Waals surface area contributed by atoms with Crippen molar-refractivity contribution in [3.05, 3.63) is 28.7 Å². The van der Waals surface area contributed by atoms with Crippen molar-refractivity contribution in [2.45, 2.75) is 63.7 Å². The number of nitrogens with one attached hydrogen (secondary N) is 1. The van der Waals surface area contributed by atoms with Crippen LogP contribution in [-0.4, -0.2) is 43.0 Å². The lowest BCUT2D eigenvalue weighted by Gasteiger charge is -2.45. The highest BCUT2D eigenvalue weighted by Gasteiger charge is 2.48. The van der Waals surface area contributed by atoms with Crippen LogP contribution in [0.3, 0.4) is 0 Å². The first-order chi connectivity index (χ1) is 12.8. The summed E-state index contributed by atoms with van der Waals surface area (Å²) in [5, 5.41) is -0.0493. The van der Waals surface area contributed by atoms with Gasteiger partial charge in [0, 0.05) is 20.0 Å². The molecule has 156 valence electrons. The lowest BCUT2D eigenvalue weighted by Crippen LogP contribution is -2.57. The number of nitrogens with zero attached hydrogens (tertiary/aromatic N) is 2. The number of aromatic nitrogens is 2. The number of benzene rings is 1. The molecule has 0 bridgehead atoms. The number of piperidine rings is 1. The second-order valence-electron chi connectivity index (χ2n) is 9.31. The fourth-order valence-corrected chi connectivity index (χ4v) is 4.56. The minimum absolute atomic E-state index is 0.0156. The molecule has 1 aromatic heterocycles. The second kappa shape index (κ2) is 6.98. The molecule has 1 N–H and O–H groups in total. The molecule has 28 heavy (non-hydrogen) atoms. The Kier molecular flexibility index (Phi) is 5.25. The van der Waals surface area contributed by atoms with Crippen LogP contribution in [0.2, 0.25) is 18.1 Å². The third-order valence-electron chi connectivity index (χ3n) is 6.39. The highest BCUT2D eigenvalue weighted by molar-refractivity contribution is 6.74. The molecule has 1 atom stereocenters. The van der Waals surface area contributed by atoms with E-state index in [1.54, 1.807) is 24.1 Å². The molecular weight excluding hydrogens is 380 g/mol. The van der Waals surface area contributed by atoms with Crippen LogP contribution in [0.25, 0.3) is 11.0 Å². The number of para-hydroxylation sites is 1. The van der Waals surface area contributed by atoms with Gasteiger partial charge in [0.05, 0.1) is 23.3 Å². The monoisotopic (exact) mass is 411 g/mol. The number of halogens is 2. The second-order valence-corrected chi connectivity index (χ2v) is 14.1. The quantitative estimate of drug-likeness (QED) is 0.754. The van der Waals surface area contributed by atoms with Crippen molar-refractivity contribution in [2.24, 2.45) is 7.05 Å². The Morgan fingerprint density at radius 3 is 2.64 bits per heavy atom. The van der Waals surface area contributed by atoms with Gasteiger partial charge in [-0.15, -0.1) is 0 Å². The lowest BCUT2D eigenvalue weighted by atomic mass is 9.97. The molecule has 1 aliphatic rings. The van der Waals surface area contributed by atoms with Gasteiger partial charge in [-0.3, -0.25) is 4.57 Å². The molecule has 2 aromatic rings. The summed E-state index contributed by atoms with van der Waals surface area (Å²) in [6.45, 7) is 11.0. The molecule has 1 unspecified atom stereocenters. The number of hydrogen-bond donors (Lipinski definition) is 1. The fraction of sp³-hybridized carbons (Fsp3) is 0.650. The van der Waals surface area contributed by atoms with Gasteiger partial charge in [-0.05, 0) is 36.7 Å². The van der Waals surface area contributed by atoms with Gasteiger partial charge in [0.1, 0.15) is 6.04 Å². The van der Waals surface area contributed by atoms with Crippen molar-refractivity contribution >= 4 is 25.0 Å². The number of hydrogen-bond acceptors (Lipinski definition) is 3. The van der Waals surface area contributed by atoms with Crippen molar-refractivity contribution < 1.29 is 13.2 Å². The summed E-state index contributed by atoms with van der Waals surface area (Å²) in [6.07, 6.45) is 0.259. The van der Waals surface area contributed by atoms with E-state index >= 15 is 0 Å². The highest BCUT2D eigenvalue weighted by atomic mass is 28.4. The van der Waals surface area contributed by atoms with Crippen molar-refractivity contribution in [3.63, 3.8) is 0 Å². The third kappa shape index (κ3) is 3.64. The highest BCUT2D eigenvalue weighted by Crippen LogP contribution is 2.41. The first kappa shape index (κ1) is 21.0. The molecule has 0 aliphatic carbocycles. The average molecular weight is 412 g/mol. The van der Waals surface area contributed by atoms with Crippen LogP contribution in [-0.2, 0) is 11.5 Å². The summed E-state index contributed by atoms with van der Waals surface area (Å²) in [7, 11) is -0.503. The summed E-state index contributed by atoms with van der Waals surface area (Å²) in [5.41, 5.74) is 1.72. The Balaban J connectivity index is 2.01. The smallest absolute Gasteiger partial charge is 0.326 e. The van der Waals surface area contributed by atoms with Gasteiger partial charge in [0.15, 0.2) is 8.32 Å². The number of aryl methyl sites for hydroxylation is 1. The SMILES string of the molecule is Cn1c(=O)[nH]c2cccc(N3CCCC(F)(F)C3CO[Si](C)(C)C(C)(C)C)c21. The number of anilines is 1. The van der Waals surface area contributed by atoms with E-state index in [2.05, 4.69) is 38.8 Å². The van der Waals surface area contributed by atoms with Crippen LogP contribution in [0.15, 0.2) is 23.0 Å². The maximum absolute atomic E-state index is 15.0. The van der Waals surface area contributed by atoms with Crippen molar-refractivity contribution in [1.82, 2.24) is 9.55 Å². The van der Waals surface area contributed by atoms with Crippen LogP contribution in [0.4, 0.5) is 14.5 Å². The predicted octanol–water partition coefficient (Wildman–Crippen LogP) is 4.49. The molecule has 3 rings (SSSR count). The summed E-state index contributed by atoms with van der Waals surface area (Å²) >= 11 is 0. The minimum Gasteiger partial charge on any atom is -0.414 e. The Bertz CT molecular complexity index is 914. The normalized spacial score (nSPS) is 20.7. The molecule has 1 aliphatic heterocycles. The van der Waals surface area contributed by atoms with Crippen LogP contribution in [0.5, 0.6) is 0 Å². The zero-order valence-corrected chi connectivity index (χ0v) is 18.6. The molecule has 0 radical (unpaired) electrons. The zero-order valence-electron chi connectivity index (χ0n) is 17.6. The Morgan fingerprint density at radius 2 is 2.00 bits per heavy atom. The standard InChI is InChI=1S/C20H31F2N3O2Si/c1-19(2,3)28(5,6)27-13-16-20(21,22)11-8-12-25(16)15-10-7-9-14-17(15)24(4)18(26)23-14/h7,9-10,16H,8,11-13H2,1-6H3,(H,23,26). The fourth-order valence-electron chi connectivity index (χ4n) is 3.56. The predicted molar refractivity (Wildman–Crippen MR) is 112 cm³/mol. The molecule has 5 nitrogen and oxygen atoms in total. The molecule has 0 saturated carbocycles. The third-order valence-corrected chi connectivity index (χ3v) is 10.9. The maximum atomic E-state index is 15.0. The topological polar surface area (TPSA) is 50.3 Å². The van der Waals surface area contributed by atoms with Gasteiger partial charge < -0.3 is 14.3 Å². The summed E-state index contributed by atoms with van der Waals surface area (Å²) in [5.74, 6) is -2.85.